The van der Waals surface area contributed by atoms with Crippen LogP contribution in [-0.2, 0) is 12.8 Å². The van der Waals surface area contributed by atoms with E-state index in [4.69, 9.17) is 0 Å². The minimum absolute atomic E-state index is 0.791. The first-order valence-electron chi connectivity index (χ1n) is 9.27. The van der Waals surface area contributed by atoms with Crippen LogP contribution in [0.15, 0.2) is 91.0 Å². The number of hydrogen-bond donors (Lipinski definition) is 0. The van der Waals surface area contributed by atoms with Gasteiger partial charge in [0.05, 0.1) is 0 Å². The van der Waals surface area contributed by atoms with E-state index in [1.54, 1.807) is 0 Å². The van der Waals surface area contributed by atoms with Gasteiger partial charge in [0.1, 0.15) is 0 Å². The van der Waals surface area contributed by atoms with Gasteiger partial charge in [-0.1, -0.05) is 99.6 Å². The van der Waals surface area contributed by atoms with Crippen molar-refractivity contribution in [3.05, 3.63) is 102 Å². The Hall–Kier alpha value is -1.91. The average Bonchev–Trinajstić information content (AvgIpc) is 2.70. The Balaban J connectivity index is 1.56. The summed E-state index contributed by atoms with van der Waals surface area (Å²) < 4.78 is 0. The van der Waals surface area contributed by atoms with Crippen LogP contribution in [0.1, 0.15) is 24.0 Å². The van der Waals surface area contributed by atoms with E-state index in [9.17, 15) is 0 Å². The van der Waals surface area contributed by atoms with Gasteiger partial charge in [0, 0.05) is 0 Å². The molecule has 0 saturated carbocycles. The molecule has 25 heavy (non-hydrogen) atoms. The number of benzene rings is 3. The van der Waals surface area contributed by atoms with Gasteiger partial charge >= 0.3 is 0 Å². The van der Waals surface area contributed by atoms with Crippen LogP contribution in [0.3, 0.4) is 0 Å². The Morgan fingerprint density at radius 3 is 1.48 bits per heavy atom. The van der Waals surface area contributed by atoms with Crippen LogP contribution in [0.4, 0.5) is 0 Å². The molecule has 1 heteroatoms. The summed E-state index contributed by atoms with van der Waals surface area (Å²) >= 11 is 0. The lowest BCUT2D eigenvalue weighted by Gasteiger charge is -2.17. The summed E-state index contributed by atoms with van der Waals surface area (Å²) in [5.41, 5.74) is 2.94. The molecule has 0 radical (unpaired) electrons. The Morgan fingerprint density at radius 1 is 0.560 bits per heavy atom. The third-order valence-electron chi connectivity index (χ3n) is 4.74. The minimum Gasteiger partial charge on any atom is -0.0901 e. The predicted molar refractivity (Wildman–Crippen MR) is 112 cm³/mol. The summed E-state index contributed by atoms with van der Waals surface area (Å²) in [6.07, 6.45) is 6.27. The standard InChI is InChI=1S/C24H27P/c1-4-10-21(11-5-1)16-18-23(19-17-22-12-6-2-7-13-22)20-25-24-14-8-3-9-15-24/h1-15,23,25H,16-20H2. The van der Waals surface area contributed by atoms with Crippen molar-refractivity contribution >= 4 is 13.9 Å². The smallest absolute Gasteiger partial charge is 0.0271 e. The van der Waals surface area contributed by atoms with Crippen molar-refractivity contribution in [2.45, 2.75) is 25.7 Å². The first-order valence-corrected chi connectivity index (χ1v) is 10.5. The SMILES string of the molecule is c1ccc(CCC(CCc2ccccc2)CPc2ccccc2)cc1. The van der Waals surface area contributed by atoms with E-state index in [2.05, 4.69) is 91.0 Å². The second-order valence-corrected chi connectivity index (χ2v) is 8.00. The minimum atomic E-state index is 0.791. The van der Waals surface area contributed by atoms with E-state index in [1.807, 2.05) is 0 Å². The molecular formula is C24H27P. The zero-order valence-electron chi connectivity index (χ0n) is 14.8. The zero-order chi connectivity index (χ0) is 17.2. The van der Waals surface area contributed by atoms with Crippen molar-refractivity contribution in [2.75, 3.05) is 6.16 Å². The van der Waals surface area contributed by atoms with Crippen LogP contribution in [0.2, 0.25) is 0 Å². The van der Waals surface area contributed by atoms with Gasteiger partial charge in [-0.15, -0.1) is 0 Å². The van der Waals surface area contributed by atoms with Gasteiger partial charge < -0.3 is 0 Å². The molecule has 0 nitrogen and oxygen atoms in total. The monoisotopic (exact) mass is 346 g/mol. The zero-order valence-corrected chi connectivity index (χ0v) is 15.8. The highest BCUT2D eigenvalue weighted by Crippen LogP contribution is 2.24. The Morgan fingerprint density at radius 2 is 1.00 bits per heavy atom. The fourth-order valence-corrected chi connectivity index (χ4v) is 4.56. The van der Waals surface area contributed by atoms with Gasteiger partial charge in [-0.3, -0.25) is 0 Å². The van der Waals surface area contributed by atoms with E-state index < -0.39 is 0 Å². The normalized spacial score (nSPS) is 11.4. The van der Waals surface area contributed by atoms with Crippen molar-refractivity contribution < 1.29 is 0 Å². The number of rotatable bonds is 9. The Kier molecular flexibility index (Phi) is 7.28. The molecule has 3 aromatic rings. The maximum atomic E-state index is 2.27. The number of aryl methyl sites for hydroxylation is 2. The lowest BCUT2D eigenvalue weighted by atomic mass is 9.94. The second kappa shape index (κ2) is 10.2. The first kappa shape index (κ1) is 17.9. The summed E-state index contributed by atoms with van der Waals surface area (Å²) in [4.78, 5) is 0. The topological polar surface area (TPSA) is 0 Å². The van der Waals surface area contributed by atoms with Crippen molar-refractivity contribution in [3.8, 4) is 0 Å². The molecule has 3 aromatic carbocycles. The Bertz CT molecular complexity index is 603. The van der Waals surface area contributed by atoms with E-state index >= 15 is 0 Å². The molecule has 3 rings (SSSR count). The van der Waals surface area contributed by atoms with Gasteiger partial charge in [0.15, 0.2) is 0 Å². The molecule has 0 fully saturated rings. The van der Waals surface area contributed by atoms with Crippen molar-refractivity contribution in [3.63, 3.8) is 0 Å². The van der Waals surface area contributed by atoms with Gasteiger partial charge in [0.2, 0.25) is 0 Å². The largest absolute Gasteiger partial charge is 0.0901 e. The maximum Gasteiger partial charge on any atom is -0.0271 e. The molecule has 0 aliphatic carbocycles. The molecule has 0 aliphatic rings. The summed E-state index contributed by atoms with van der Waals surface area (Å²) in [5.74, 6) is 0.791. The summed E-state index contributed by atoms with van der Waals surface area (Å²) in [6.45, 7) is 0. The van der Waals surface area contributed by atoms with Crippen molar-refractivity contribution in [2.24, 2.45) is 5.92 Å². The lowest BCUT2D eigenvalue weighted by molar-refractivity contribution is 0.500. The van der Waals surface area contributed by atoms with E-state index in [0.717, 1.165) is 14.5 Å². The molecule has 0 bridgehead atoms. The lowest BCUT2D eigenvalue weighted by Crippen LogP contribution is -2.09. The predicted octanol–water partition coefficient (Wildman–Crippen LogP) is 5.87. The highest BCUT2D eigenvalue weighted by molar-refractivity contribution is 7.47. The Labute approximate surface area is 154 Å². The first-order chi connectivity index (χ1) is 12.4. The van der Waals surface area contributed by atoms with Crippen LogP contribution in [0.5, 0.6) is 0 Å². The van der Waals surface area contributed by atoms with E-state index in [0.29, 0.717) is 0 Å². The highest BCUT2D eigenvalue weighted by Gasteiger charge is 2.10. The third-order valence-corrected chi connectivity index (χ3v) is 6.26. The molecule has 0 N–H and O–H groups in total. The fourth-order valence-electron chi connectivity index (χ4n) is 3.20. The van der Waals surface area contributed by atoms with E-state index in [1.165, 1.54) is 48.3 Å². The van der Waals surface area contributed by atoms with Crippen LogP contribution >= 0.6 is 8.58 Å². The molecule has 0 aliphatic heterocycles. The molecule has 0 amide bonds. The van der Waals surface area contributed by atoms with Crippen LogP contribution in [0, 0.1) is 5.92 Å². The molecule has 1 unspecified atom stereocenters. The molecule has 0 spiro atoms. The molecule has 0 saturated heterocycles. The van der Waals surface area contributed by atoms with Crippen LogP contribution in [0.25, 0.3) is 0 Å². The fraction of sp³-hybridized carbons (Fsp3) is 0.250. The molecule has 1 atom stereocenters. The third kappa shape index (κ3) is 6.48. The van der Waals surface area contributed by atoms with Gasteiger partial charge in [-0.05, 0) is 54.2 Å². The van der Waals surface area contributed by atoms with Gasteiger partial charge in [-0.2, -0.15) is 0 Å². The number of hydrogen-bond acceptors (Lipinski definition) is 0. The van der Waals surface area contributed by atoms with Crippen molar-refractivity contribution in [1.82, 2.24) is 0 Å². The molecular weight excluding hydrogens is 319 g/mol. The van der Waals surface area contributed by atoms with Crippen molar-refractivity contribution in [1.29, 1.82) is 0 Å². The molecule has 128 valence electrons. The average molecular weight is 346 g/mol. The van der Waals surface area contributed by atoms with Gasteiger partial charge in [0.25, 0.3) is 0 Å². The summed E-state index contributed by atoms with van der Waals surface area (Å²) in [5, 5.41) is 1.49. The maximum absolute atomic E-state index is 2.27. The quantitative estimate of drug-likeness (QED) is 0.425. The molecule has 0 heterocycles. The second-order valence-electron chi connectivity index (χ2n) is 6.66. The van der Waals surface area contributed by atoms with Crippen LogP contribution < -0.4 is 5.30 Å². The highest BCUT2D eigenvalue weighted by atomic mass is 31.1. The van der Waals surface area contributed by atoms with Crippen LogP contribution in [-0.4, -0.2) is 6.16 Å². The van der Waals surface area contributed by atoms with E-state index in [-0.39, 0.29) is 0 Å². The van der Waals surface area contributed by atoms with Gasteiger partial charge in [-0.25, -0.2) is 0 Å². The summed E-state index contributed by atoms with van der Waals surface area (Å²) in [6, 6.07) is 32.8. The molecule has 0 aromatic heterocycles. The summed E-state index contributed by atoms with van der Waals surface area (Å²) in [7, 11) is 0.920.